The molecular formula is C25H31N5O2. The Bertz CT molecular complexity index is 1070. The van der Waals surface area contributed by atoms with Gasteiger partial charge in [0.2, 0.25) is 5.91 Å². The van der Waals surface area contributed by atoms with Crippen LogP contribution in [0.3, 0.4) is 0 Å². The molecule has 2 fully saturated rings. The number of hydrogen-bond donors (Lipinski definition) is 1. The Morgan fingerprint density at radius 3 is 2.69 bits per heavy atom. The summed E-state index contributed by atoms with van der Waals surface area (Å²) in [4.78, 5) is 25.8. The van der Waals surface area contributed by atoms with Gasteiger partial charge in [-0.25, -0.2) is 0 Å². The third-order valence-corrected chi connectivity index (χ3v) is 7.06. The van der Waals surface area contributed by atoms with E-state index in [0.29, 0.717) is 25.8 Å². The molecule has 32 heavy (non-hydrogen) atoms. The van der Waals surface area contributed by atoms with Crippen molar-refractivity contribution in [2.75, 3.05) is 13.6 Å². The molecule has 0 aliphatic carbocycles. The van der Waals surface area contributed by atoms with E-state index in [0.717, 1.165) is 42.4 Å². The molecule has 2 atom stereocenters. The number of hydrogen-bond acceptors (Lipinski definition) is 5. The lowest BCUT2D eigenvalue weighted by molar-refractivity contribution is -0.142. The van der Waals surface area contributed by atoms with Gasteiger partial charge in [0, 0.05) is 61.8 Å². The fraction of sp³-hybridized carbons (Fsp3) is 0.480. The minimum absolute atomic E-state index is 0.134. The zero-order valence-corrected chi connectivity index (χ0v) is 18.6. The first-order valence-corrected chi connectivity index (χ1v) is 11.5. The third kappa shape index (κ3) is 4.27. The molecule has 1 amide bonds. The Labute approximate surface area is 188 Å². The zero-order chi connectivity index (χ0) is 22.1. The fourth-order valence-corrected chi connectivity index (χ4v) is 5.64. The van der Waals surface area contributed by atoms with Gasteiger partial charge in [-0.3, -0.25) is 14.8 Å². The molecule has 0 aromatic carbocycles. The first-order chi connectivity index (χ1) is 15.5. The summed E-state index contributed by atoms with van der Waals surface area (Å²) in [6.07, 6.45) is 13.1. The summed E-state index contributed by atoms with van der Waals surface area (Å²) in [6, 6.07) is 8.32. The third-order valence-electron chi connectivity index (χ3n) is 7.06. The number of rotatable bonds is 7. The number of carbonyl (C=O) groups is 1. The number of nitrogens with zero attached hydrogens (tertiary/aromatic N) is 5. The van der Waals surface area contributed by atoms with Gasteiger partial charge < -0.3 is 19.5 Å². The second-order valence-corrected chi connectivity index (χ2v) is 9.55. The summed E-state index contributed by atoms with van der Waals surface area (Å²) >= 11 is 0. The Kier molecular flexibility index (Phi) is 5.69. The lowest BCUT2D eigenvalue weighted by Gasteiger charge is -2.44. The van der Waals surface area contributed by atoms with Crippen LogP contribution in [0.4, 0.5) is 0 Å². The molecule has 0 saturated carbocycles. The molecule has 2 unspecified atom stereocenters. The average Bonchev–Trinajstić information content (AvgIpc) is 3.31. The first kappa shape index (κ1) is 21.1. The van der Waals surface area contributed by atoms with Crippen LogP contribution in [0.25, 0.3) is 10.9 Å². The van der Waals surface area contributed by atoms with E-state index in [-0.39, 0.29) is 18.0 Å². The maximum absolute atomic E-state index is 13.1. The number of piperidine rings is 1. The van der Waals surface area contributed by atoms with Gasteiger partial charge in [0.15, 0.2) is 0 Å². The lowest BCUT2D eigenvalue weighted by Crippen LogP contribution is -2.54. The molecule has 3 aromatic rings. The van der Waals surface area contributed by atoms with Crippen molar-refractivity contribution < 1.29 is 9.90 Å². The summed E-state index contributed by atoms with van der Waals surface area (Å²) in [5.74, 6) is 0.216. The number of aromatic nitrogens is 3. The SMILES string of the molecule is CN(CCC(=O)N1C2CCC1CC(O)(Cn1ccc3ccncc31)C2)Cc1cccnc1. The van der Waals surface area contributed by atoms with E-state index in [2.05, 4.69) is 36.5 Å². The molecule has 2 saturated heterocycles. The summed E-state index contributed by atoms with van der Waals surface area (Å²) in [5, 5.41) is 12.6. The zero-order valence-electron chi connectivity index (χ0n) is 18.6. The van der Waals surface area contributed by atoms with E-state index in [4.69, 9.17) is 0 Å². The summed E-state index contributed by atoms with van der Waals surface area (Å²) in [7, 11) is 2.04. The molecule has 7 nitrogen and oxygen atoms in total. The second kappa shape index (κ2) is 8.64. The fourth-order valence-electron chi connectivity index (χ4n) is 5.64. The Balaban J connectivity index is 1.19. The van der Waals surface area contributed by atoms with Crippen LogP contribution in [0.15, 0.2) is 55.2 Å². The summed E-state index contributed by atoms with van der Waals surface area (Å²) in [6.45, 7) is 2.05. The normalized spacial score (nSPS) is 25.0. The molecule has 2 bridgehead atoms. The van der Waals surface area contributed by atoms with Gasteiger partial charge in [-0.1, -0.05) is 6.07 Å². The second-order valence-electron chi connectivity index (χ2n) is 9.55. The highest BCUT2D eigenvalue weighted by atomic mass is 16.3. The van der Waals surface area contributed by atoms with E-state index in [1.807, 2.05) is 37.8 Å². The molecule has 0 radical (unpaired) electrons. The van der Waals surface area contributed by atoms with Gasteiger partial charge in [-0.05, 0) is 56.5 Å². The van der Waals surface area contributed by atoms with E-state index >= 15 is 0 Å². The molecule has 3 aromatic heterocycles. The largest absolute Gasteiger partial charge is 0.388 e. The van der Waals surface area contributed by atoms with Crippen molar-refractivity contribution in [3.05, 3.63) is 60.8 Å². The number of amides is 1. The molecule has 5 rings (SSSR count). The standard InChI is InChI=1S/C25H31N5O2/c1-28(17-19-3-2-9-26-15-19)11-8-24(31)30-21-4-5-22(30)14-25(32,13-21)18-29-12-7-20-6-10-27-16-23(20)29/h2-3,6-7,9-10,12,15-16,21-22,32H,4-5,8,11,13-14,17-18H2,1H3. The van der Waals surface area contributed by atoms with Crippen molar-refractivity contribution in [2.45, 2.75) is 62.9 Å². The van der Waals surface area contributed by atoms with Crippen molar-refractivity contribution in [3.63, 3.8) is 0 Å². The van der Waals surface area contributed by atoms with E-state index in [1.165, 1.54) is 0 Å². The van der Waals surface area contributed by atoms with Gasteiger partial charge in [-0.2, -0.15) is 0 Å². The van der Waals surface area contributed by atoms with Gasteiger partial charge in [0.1, 0.15) is 0 Å². The van der Waals surface area contributed by atoms with Crippen LogP contribution in [-0.2, 0) is 17.9 Å². The molecule has 168 valence electrons. The smallest absolute Gasteiger partial charge is 0.224 e. The van der Waals surface area contributed by atoms with Crippen LogP contribution in [0.5, 0.6) is 0 Å². The highest BCUT2D eigenvalue weighted by Crippen LogP contribution is 2.42. The predicted octanol–water partition coefficient (Wildman–Crippen LogP) is 2.84. The minimum Gasteiger partial charge on any atom is -0.388 e. The monoisotopic (exact) mass is 433 g/mol. The maximum Gasteiger partial charge on any atom is 0.224 e. The van der Waals surface area contributed by atoms with Crippen LogP contribution in [0.2, 0.25) is 0 Å². The summed E-state index contributed by atoms with van der Waals surface area (Å²) in [5.41, 5.74) is 1.41. The van der Waals surface area contributed by atoms with Crippen LogP contribution in [0, 0.1) is 0 Å². The Hall–Kier alpha value is -2.77. The first-order valence-electron chi connectivity index (χ1n) is 11.5. The molecule has 5 heterocycles. The summed E-state index contributed by atoms with van der Waals surface area (Å²) < 4.78 is 2.10. The van der Waals surface area contributed by atoms with Gasteiger partial charge >= 0.3 is 0 Å². The topological polar surface area (TPSA) is 74.5 Å². The van der Waals surface area contributed by atoms with Crippen LogP contribution in [-0.4, -0.2) is 66.6 Å². The quantitative estimate of drug-likeness (QED) is 0.620. The average molecular weight is 434 g/mol. The number of fused-ring (bicyclic) bond motifs is 3. The predicted molar refractivity (Wildman–Crippen MR) is 123 cm³/mol. The Morgan fingerprint density at radius 2 is 1.94 bits per heavy atom. The molecule has 2 aliphatic heterocycles. The van der Waals surface area contributed by atoms with Crippen LogP contribution < -0.4 is 0 Å². The molecule has 7 heteroatoms. The highest BCUT2D eigenvalue weighted by molar-refractivity contribution is 5.79. The van der Waals surface area contributed by atoms with Crippen LogP contribution in [0.1, 0.15) is 37.7 Å². The number of aliphatic hydroxyl groups is 1. The highest BCUT2D eigenvalue weighted by Gasteiger charge is 2.49. The molecule has 1 N–H and O–H groups in total. The van der Waals surface area contributed by atoms with E-state index < -0.39 is 5.60 Å². The van der Waals surface area contributed by atoms with Crippen molar-refractivity contribution in [1.82, 2.24) is 24.3 Å². The van der Waals surface area contributed by atoms with Crippen molar-refractivity contribution >= 4 is 16.8 Å². The Morgan fingerprint density at radius 1 is 1.16 bits per heavy atom. The van der Waals surface area contributed by atoms with Crippen LogP contribution >= 0.6 is 0 Å². The number of pyridine rings is 2. The minimum atomic E-state index is -0.790. The lowest BCUT2D eigenvalue weighted by atomic mass is 9.85. The van der Waals surface area contributed by atoms with Crippen molar-refractivity contribution in [1.29, 1.82) is 0 Å². The van der Waals surface area contributed by atoms with E-state index in [9.17, 15) is 9.90 Å². The molecule has 2 aliphatic rings. The van der Waals surface area contributed by atoms with Gasteiger partial charge in [-0.15, -0.1) is 0 Å². The van der Waals surface area contributed by atoms with Gasteiger partial charge in [0.05, 0.1) is 23.9 Å². The maximum atomic E-state index is 13.1. The number of carbonyl (C=O) groups excluding carboxylic acids is 1. The van der Waals surface area contributed by atoms with Crippen molar-refractivity contribution in [2.24, 2.45) is 0 Å². The molecular weight excluding hydrogens is 402 g/mol. The van der Waals surface area contributed by atoms with Crippen molar-refractivity contribution in [3.8, 4) is 0 Å². The molecule has 0 spiro atoms. The van der Waals surface area contributed by atoms with E-state index in [1.54, 1.807) is 12.4 Å². The van der Waals surface area contributed by atoms with Gasteiger partial charge in [0.25, 0.3) is 0 Å².